The van der Waals surface area contributed by atoms with Gasteiger partial charge in [-0.3, -0.25) is 0 Å². The largest absolute Gasteiger partial charge is 0.489 e. The molecule has 0 saturated carbocycles. The van der Waals surface area contributed by atoms with Gasteiger partial charge in [0, 0.05) is 17.0 Å². The molecule has 0 bridgehead atoms. The Bertz CT molecular complexity index is 1480. The van der Waals surface area contributed by atoms with Crippen molar-refractivity contribution in [2.75, 3.05) is 25.0 Å². The van der Waals surface area contributed by atoms with Crippen LogP contribution in [0.25, 0.3) is 22.0 Å². The summed E-state index contributed by atoms with van der Waals surface area (Å²) in [7, 11) is 1.44. The Morgan fingerprint density at radius 2 is 1.81 bits per heavy atom. The van der Waals surface area contributed by atoms with Gasteiger partial charge in [-0.2, -0.15) is 15.9 Å². The van der Waals surface area contributed by atoms with Gasteiger partial charge < -0.3 is 4.74 Å². The molecule has 3 aromatic carbocycles. The molecule has 10 heteroatoms. The molecule has 1 unspecified atom stereocenters. The van der Waals surface area contributed by atoms with Crippen LogP contribution in [-0.4, -0.2) is 38.9 Å². The lowest BCUT2D eigenvalue weighted by molar-refractivity contribution is -0.955. The highest BCUT2D eigenvalue weighted by Gasteiger charge is 2.26. The lowest BCUT2D eigenvalue weighted by Gasteiger charge is -2.27. The van der Waals surface area contributed by atoms with Gasteiger partial charge >= 0.3 is 0 Å². The van der Waals surface area contributed by atoms with Gasteiger partial charge in [0.25, 0.3) is 5.95 Å². The van der Waals surface area contributed by atoms with Crippen LogP contribution in [0.15, 0.2) is 60.8 Å². The van der Waals surface area contributed by atoms with Crippen molar-refractivity contribution in [3.05, 3.63) is 82.5 Å². The van der Waals surface area contributed by atoms with Crippen LogP contribution in [-0.2, 0) is 5.41 Å². The fourth-order valence-electron chi connectivity index (χ4n) is 4.03. The molecule has 4 rings (SSSR count). The first-order chi connectivity index (χ1) is 17.5. The van der Waals surface area contributed by atoms with Crippen molar-refractivity contribution in [1.82, 2.24) is 9.97 Å². The fourth-order valence-corrected chi connectivity index (χ4v) is 4.47. The molecular formula is C27H26Cl2N5O2S+. The number of thiol groups is 1. The molecule has 0 aliphatic rings. The maximum absolute atomic E-state index is 9.75. The topological polar surface area (TPSA) is 91.1 Å². The standard InChI is InChI=1S/C27H26Cl2N5O2S/c1-27(2,22-13-19(15-30)25(23(29)14-22)36-11-10-28)21-7-4-17(5-8-21)18-6-9-24-20(12-18)16-31-26(32-24)33-34(3,35)37/h4-9,12-14,16,35,37H,10-11H2,1-3H3,(H,31,32,33)/q+1. The van der Waals surface area contributed by atoms with Gasteiger partial charge in [0.15, 0.2) is 5.75 Å². The Morgan fingerprint density at radius 1 is 1.11 bits per heavy atom. The second-order valence-corrected chi connectivity index (χ2v) is 10.7. The number of benzene rings is 3. The zero-order chi connectivity index (χ0) is 26.8. The molecule has 1 aromatic heterocycles. The predicted molar refractivity (Wildman–Crippen MR) is 150 cm³/mol. The van der Waals surface area contributed by atoms with Crippen LogP contribution in [0.2, 0.25) is 5.02 Å². The molecule has 2 N–H and O–H groups in total. The maximum Gasteiger partial charge on any atom is 0.273 e. The Morgan fingerprint density at radius 3 is 2.46 bits per heavy atom. The van der Waals surface area contributed by atoms with Crippen molar-refractivity contribution in [1.29, 1.82) is 5.26 Å². The third kappa shape index (κ3) is 6.09. The Balaban J connectivity index is 1.61. The summed E-state index contributed by atoms with van der Waals surface area (Å²) in [6, 6.07) is 20.1. The summed E-state index contributed by atoms with van der Waals surface area (Å²) < 4.78 is 4.81. The van der Waals surface area contributed by atoms with Crippen molar-refractivity contribution < 1.29 is 14.1 Å². The number of ether oxygens (including phenoxy) is 1. The lowest BCUT2D eigenvalue weighted by Crippen LogP contribution is -2.36. The number of anilines is 1. The third-order valence-corrected chi connectivity index (χ3v) is 6.58. The number of alkyl halides is 1. The van der Waals surface area contributed by atoms with Crippen molar-refractivity contribution in [2.45, 2.75) is 19.3 Å². The minimum Gasteiger partial charge on any atom is -0.489 e. The van der Waals surface area contributed by atoms with Crippen molar-refractivity contribution in [2.24, 2.45) is 0 Å². The average Bonchev–Trinajstić information content (AvgIpc) is 2.86. The summed E-state index contributed by atoms with van der Waals surface area (Å²) in [4.78, 5) is 8.68. The summed E-state index contributed by atoms with van der Waals surface area (Å²) in [5.41, 5.74) is 7.43. The molecule has 0 saturated heterocycles. The first-order valence-corrected chi connectivity index (χ1v) is 12.7. The highest BCUT2D eigenvalue weighted by atomic mass is 35.5. The molecular weight excluding hydrogens is 529 g/mol. The van der Waals surface area contributed by atoms with Gasteiger partial charge in [0.2, 0.25) is 0 Å². The van der Waals surface area contributed by atoms with Crippen LogP contribution >= 0.6 is 36.0 Å². The number of quaternary nitrogens is 1. The van der Waals surface area contributed by atoms with E-state index in [0.717, 1.165) is 33.2 Å². The van der Waals surface area contributed by atoms with Crippen LogP contribution < -0.4 is 10.2 Å². The fraction of sp³-hybridized carbons (Fsp3) is 0.222. The van der Waals surface area contributed by atoms with Crippen LogP contribution in [0.1, 0.15) is 30.5 Å². The summed E-state index contributed by atoms with van der Waals surface area (Å²) in [6.45, 7) is 4.46. The van der Waals surface area contributed by atoms with Crippen molar-refractivity contribution in [3.63, 3.8) is 0 Å². The lowest BCUT2D eigenvalue weighted by atomic mass is 9.77. The van der Waals surface area contributed by atoms with E-state index in [2.05, 4.69) is 72.4 Å². The molecule has 190 valence electrons. The Labute approximate surface area is 231 Å². The van der Waals surface area contributed by atoms with Gasteiger partial charge in [0.1, 0.15) is 32.5 Å². The number of fused-ring (bicyclic) bond motifs is 1. The molecule has 0 amide bonds. The number of hydroxylamine groups is 1. The van der Waals surface area contributed by atoms with Crippen LogP contribution in [0.5, 0.6) is 5.75 Å². The van der Waals surface area contributed by atoms with Crippen LogP contribution in [0, 0.1) is 11.3 Å². The van der Waals surface area contributed by atoms with Gasteiger partial charge in [-0.25, -0.2) is 9.97 Å². The molecule has 4 aromatic rings. The van der Waals surface area contributed by atoms with E-state index in [9.17, 15) is 10.5 Å². The number of halogens is 2. The number of hydrogen-bond donors (Lipinski definition) is 3. The van der Waals surface area contributed by atoms with Crippen LogP contribution in [0.3, 0.4) is 0 Å². The smallest absolute Gasteiger partial charge is 0.273 e. The van der Waals surface area contributed by atoms with E-state index < -0.39 is 9.58 Å². The summed E-state index contributed by atoms with van der Waals surface area (Å²) >= 11 is 16.2. The third-order valence-electron chi connectivity index (χ3n) is 6.04. The number of nitrogens with zero attached hydrogens (tertiary/aromatic N) is 4. The van der Waals surface area contributed by atoms with E-state index in [1.165, 1.54) is 7.05 Å². The minimum absolute atomic E-state index is 0.269. The zero-order valence-corrected chi connectivity index (χ0v) is 22.9. The predicted octanol–water partition coefficient (Wildman–Crippen LogP) is 6.77. The second-order valence-electron chi connectivity index (χ2n) is 9.18. The van der Waals surface area contributed by atoms with Gasteiger partial charge in [-0.15, -0.1) is 11.6 Å². The highest BCUT2D eigenvalue weighted by molar-refractivity contribution is 7.74. The molecule has 0 aliphatic heterocycles. The molecule has 1 heterocycles. The molecule has 0 aliphatic carbocycles. The van der Waals surface area contributed by atoms with E-state index in [0.29, 0.717) is 22.2 Å². The SMILES string of the molecule is CC(C)(c1ccc(-c2ccc3nc(N[N+](C)(O)S)ncc3c2)cc1)c1cc(Cl)c(OCCCl)c(C#N)c1. The van der Waals surface area contributed by atoms with E-state index >= 15 is 0 Å². The summed E-state index contributed by atoms with van der Waals surface area (Å²) in [5.74, 6) is 0.935. The number of nitriles is 1. The molecule has 1 atom stereocenters. The zero-order valence-electron chi connectivity index (χ0n) is 20.5. The van der Waals surface area contributed by atoms with Crippen LogP contribution in [0.4, 0.5) is 5.95 Å². The molecule has 0 radical (unpaired) electrons. The number of nitrogens with one attached hydrogen (secondary N) is 1. The van der Waals surface area contributed by atoms with Crippen molar-refractivity contribution in [3.8, 4) is 22.9 Å². The Hall–Kier alpha value is -3.06. The summed E-state index contributed by atoms with van der Waals surface area (Å²) in [6.07, 6.45) is 1.70. The highest BCUT2D eigenvalue weighted by Crippen LogP contribution is 2.39. The van der Waals surface area contributed by atoms with Crippen molar-refractivity contribution >= 4 is 52.9 Å². The van der Waals surface area contributed by atoms with E-state index in [4.69, 9.17) is 27.9 Å². The minimum atomic E-state index is -0.776. The first kappa shape index (κ1) is 27.0. The normalized spacial score (nSPS) is 13.1. The average molecular weight is 556 g/mol. The van der Waals surface area contributed by atoms with E-state index in [1.54, 1.807) is 6.20 Å². The van der Waals surface area contributed by atoms with E-state index in [-0.39, 0.29) is 12.6 Å². The Kier molecular flexibility index (Phi) is 7.83. The number of hydrogen-bond acceptors (Lipinski definition) is 7. The second kappa shape index (κ2) is 10.7. The van der Waals surface area contributed by atoms with E-state index in [1.807, 2.05) is 30.3 Å². The molecule has 37 heavy (non-hydrogen) atoms. The molecule has 7 nitrogen and oxygen atoms in total. The first-order valence-electron chi connectivity index (χ1n) is 11.4. The molecule has 0 fully saturated rings. The number of aromatic nitrogens is 2. The maximum atomic E-state index is 9.75. The number of rotatable bonds is 8. The quantitative estimate of drug-likeness (QED) is 0.0962. The summed E-state index contributed by atoms with van der Waals surface area (Å²) in [5, 5.41) is 20.7. The van der Waals surface area contributed by atoms with Gasteiger partial charge in [-0.05, 0) is 50.7 Å². The molecule has 0 spiro atoms. The monoisotopic (exact) mass is 554 g/mol. The van der Waals surface area contributed by atoms with Gasteiger partial charge in [-0.1, -0.05) is 55.8 Å². The van der Waals surface area contributed by atoms with Gasteiger partial charge in [0.05, 0.1) is 22.0 Å².